The van der Waals surface area contributed by atoms with Gasteiger partial charge in [-0.1, -0.05) is 0 Å². The zero-order valence-corrected chi connectivity index (χ0v) is 11.0. The quantitative estimate of drug-likeness (QED) is 0.338. The summed E-state index contributed by atoms with van der Waals surface area (Å²) >= 11 is 0. The van der Waals surface area contributed by atoms with Crippen LogP contribution >= 0.6 is 0 Å². The van der Waals surface area contributed by atoms with Crippen LogP contribution in [0.2, 0.25) is 0 Å². The number of hydrogen-bond acceptors (Lipinski definition) is 6. The van der Waals surface area contributed by atoms with Crippen molar-refractivity contribution in [2.45, 2.75) is 0 Å². The third kappa shape index (κ3) is 10.9. The predicted octanol–water partition coefficient (Wildman–Crippen LogP) is -5.18. The van der Waals surface area contributed by atoms with Gasteiger partial charge in [0.2, 0.25) is 0 Å². The van der Waals surface area contributed by atoms with Crippen LogP contribution in [0.3, 0.4) is 0 Å². The van der Waals surface area contributed by atoms with Crippen LogP contribution in [0, 0.1) is 0 Å². The van der Waals surface area contributed by atoms with E-state index in [9.17, 15) is 13.0 Å². The first-order valence-corrected chi connectivity index (χ1v) is 5.45. The normalized spacial score (nSPS) is 11.4. The number of rotatable bonds is 7. The summed E-state index contributed by atoms with van der Waals surface area (Å²) < 4.78 is 30.7. The van der Waals surface area contributed by atoms with Gasteiger partial charge in [0.15, 0.2) is 0 Å². The fourth-order valence-corrected chi connectivity index (χ4v) is 1.34. The molecule has 0 amide bonds. The standard InChI is InChI=1S/C6H15NO5S.Na/c8-4-1-7(2-5-9)3-6-13(10,11)12;/h8-9H,1-6H2,(H,10,11,12);/q;+1/p-1. The largest absolute Gasteiger partial charge is 1.00 e. The van der Waals surface area contributed by atoms with E-state index in [0.717, 1.165) is 0 Å². The van der Waals surface area contributed by atoms with E-state index in [0.29, 0.717) is 0 Å². The smallest absolute Gasteiger partial charge is 0.748 e. The summed E-state index contributed by atoms with van der Waals surface area (Å²) in [6.45, 7) is 0.316. The number of hydrogen-bond donors (Lipinski definition) is 2. The molecule has 0 rings (SSSR count). The second-order valence-corrected chi connectivity index (χ2v) is 4.07. The summed E-state index contributed by atoms with van der Waals surface area (Å²) in [5.74, 6) is -0.493. The van der Waals surface area contributed by atoms with Crippen molar-refractivity contribution < 1.29 is 52.7 Å². The maximum Gasteiger partial charge on any atom is 1.00 e. The first kappa shape index (κ1) is 17.2. The van der Waals surface area contributed by atoms with E-state index in [4.69, 9.17) is 10.2 Å². The van der Waals surface area contributed by atoms with Crippen LogP contribution in [0.15, 0.2) is 0 Å². The van der Waals surface area contributed by atoms with Crippen molar-refractivity contribution in [1.82, 2.24) is 4.90 Å². The molecule has 0 bridgehead atoms. The van der Waals surface area contributed by atoms with Gasteiger partial charge in [0.25, 0.3) is 0 Å². The molecule has 0 unspecified atom stereocenters. The van der Waals surface area contributed by atoms with Crippen molar-refractivity contribution in [3.8, 4) is 0 Å². The summed E-state index contributed by atoms with van der Waals surface area (Å²) in [5.41, 5.74) is 0. The summed E-state index contributed by atoms with van der Waals surface area (Å²) in [6.07, 6.45) is 0. The minimum absolute atomic E-state index is 0. The van der Waals surface area contributed by atoms with Gasteiger partial charge >= 0.3 is 29.6 Å². The predicted molar refractivity (Wildman–Crippen MR) is 45.2 cm³/mol. The van der Waals surface area contributed by atoms with Crippen molar-refractivity contribution in [2.24, 2.45) is 0 Å². The van der Waals surface area contributed by atoms with Crippen LogP contribution < -0.4 is 29.6 Å². The molecule has 0 aromatic heterocycles. The summed E-state index contributed by atoms with van der Waals surface area (Å²) in [4.78, 5) is 1.51. The van der Waals surface area contributed by atoms with Gasteiger partial charge < -0.3 is 14.8 Å². The van der Waals surface area contributed by atoms with Gasteiger partial charge in [0.05, 0.1) is 29.1 Å². The monoisotopic (exact) mass is 235 g/mol. The zero-order chi connectivity index (χ0) is 10.3. The fourth-order valence-electron chi connectivity index (χ4n) is 0.859. The summed E-state index contributed by atoms with van der Waals surface area (Å²) in [7, 11) is -4.21. The maximum atomic E-state index is 10.2. The van der Waals surface area contributed by atoms with Crippen molar-refractivity contribution >= 4 is 10.1 Å². The van der Waals surface area contributed by atoms with Crippen molar-refractivity contribution in [3.05, 3.63) is 0 Å². The molecule has 2 N–H and O–H groups in total. The Labute approximate surface area is 106 Å². The summed E-state index contributed by atoms with van der Waals surface area (Å²) in [5, 5.41) is 17.1. The average Bonchev–Trinajstić information content (AvgIpc) is 2.00. The van der Waals surface area contributed by atoms with Gasteiger partial charge in [0.1, 0.15) is 0 Å². The molecule has 0 atom stereocenters. The number of aliphatic hydroxyl groups is 2. The minimum Gasteiger partial charge on any atom is -0.748 e. The van der Waals surface area contributed by atoms with E-state index in [-0.39, 0.29) is 62.4 Å². The number of nitrogens with zero attached hydrogens (tertiary/aromatic N) is 1. The van der Waals surface area contributed by atoms with Crippen molar-refractivity contribution in [3.63, 3.8) is 0 Å². The van der Waals surface area contributed by atoms with Crippen LogP contribution in [0.1, 0.15) is 0 Å². The van der Waals surface area contributed by atoms with Crippen LogP contribution in [-0.2, 0) is 10.1 Å². The molecule has 0 aliphatic heterocycles. The summed E-state index contributed by atoms with van der Waals surface area (Å²) in [6, 6.07) is 0. The maximum absolute atomic E-state index is 10.2. The van der Waals surface area contributed by atoms with E-state index in [2.05, 4.69) is 0 Å². The molecule has 0 spiro atoms. The minimum atomic E-state index is -4.21. The SMILES string of the molecule is O=S(=O)([O-])CCN(CCO)CCO.[Na+]. The van der Waals surface area contributed by atoms with Gasteiger partial charge in [-0.3, -0.25) is 4.90 Å². The molecule has 8 heteroatoms. The second-order valence-electron chi connectivity index (χ2n) is 2.55. The van der Waals surface area contributed by atoms with E-state index >= 15 is 0 Å². The number of aliphatic hydroxyl groups excluding tert-OH is 2. The molecule has 14 heavy (non-hydrogen) atoms. The topological polar surface area (TPSA) is 101 Å². The molecule has 80 valence electrons. The van der Waals surface area contributed by atoms with Gasteiger partial charge in [-0.2, -0.15) is 0 Å². The zero-order valence-electron chi connectivity index (χ0n) is 8.22. The molecule has 0 fully saturated rings. The van der Waals surface area contributed by atoms with E-state index < -0.39 is 15.9 Å². The van der Waals surface area contributed by atoms with Crippen LogP contribution in [0.4, 0.5) is 0 Å². The Morgan fingerprint density at radius 1 is 1.07 bits per heavy atom. The Bertz CT molecular complexity index is 214. The molecule has 0 saturated carbocycles. The fraction of sp³-hybridized carbons (Fsp3) is 1.00. The van der Waals surface area contributed by atoms with Crippen LogP contribution in [-0.4, -0.2) is 66.7 Å². The van der Waals surface area contributed by atoms with Crippen molar-refractivity contribution in [2.75, 3.05) is 38.6 Å². The molecule has 0 aliphatic rings. The molecular weight excluding hydrogens is 221 g/mol. The third-order valence-corrected chi connectivity index (χ3v) is 2.17. The Hall–Kier alpha value is 0.790. The Kier molecular flexibility index (Phi) is 11.1. The molecule has 0 aromatic rings. The third-order valence-electron chi connectivity index (χ3n) is 1.49. The second kappa shape index (κ2) is 9.05. The first-order chi connectivity index (χ1) is 5.99. The van der Waals surface area contributed by atoms with Crippen molar-refractivity contribution in [1.29, 1.82) is 0 Å². The van der Waals surface area contributed by atoms with Crippen LogP contribution in [0.5, 0.6) is 0 Å². The van der Waals surface area contributed by atoms with Gasteiger partial charge in [-0.25, -0.2) is 8.42 Å². The molecule has 0 radical (unpaired) electrons. The molecule has 0 aliphatic carbocycles. The molecular formula is C6H14NNaO5S. The van der Waals surface area contributed by atoms with E-state index in [1.165, 1.54) is 4.90 Å². The van der Waals surface area contributed by atoms with Gasteiger partial charge in [0, 0.05) is 19.6 Å². The van der Waals surface area contributed by atoms with Gasteiger partial charge in [-0.15, -0.1) is 0 Å². The Balaban J connectivity index is 0. The van der Waals surface area contributed by atoms with Crippen LogP contribution in [0.25, 0.3) is 0 Å². The molecule has 0 heterocycles. The van der Waals surface area contributed by atoms with E-state index in [1.807, 2.05) is 0 Å². The Morgan fingerprint density at radius 3 is 1.79 bits per heavy atom. The Morgan fingerprint density at radius 2 is 1.50 bits per heavy atom. The molecule has 0 saturated heterocycles. The van der Waals surface area contributed by atoms with Gasteiger partial charge in [-0.05, 0) is 0 Å². The molecule has 0 aromatic carbocycles. The first-order valence-electron chi connectivity index (χ1n) is 3.87. The average molecular weight is 235 g/mol. The molecule has 6 nitrogen and oxygen atoms in total. The van der Waals surface area contributed by atoms with E-state index in [1.54, 1.807) is 0 Å².